The Kier molecular flexibility index (Phi) is 4.79. The number of carbonyl (C=O) groups is 1. The molecule has 7 heteroatoms. The molecule has 136 valence electrons. The van der Waals surface area contributed by atoms with Gasteiger partial charge in [0, 0.05) is 43.5 Å². The fourth-order valence-electron chi connectivity index (χ4n) is 2.97. The predicted molar refractivity (Wildman–Crippen MR) is 99.8 cm³/mol. The molecule has 2 N–H and O–H groups in total. The molecule has 3 rings (SSSR count). The second-order valence-electron chi connectivity index (χ2n) is 6.36. The minimum Gasteiger partial charge on any atom is -0.497 e. The number of aromatic amines is 2. The zero-order valence-corrected chi connectivity index (χ0v) is 15.3. The zero-order chi connectivity index (χ0) is 18.8. The lowest BCUT2D eigenvalue weighted by molar-refractivity contribution is 0.0793. The monoisotopic (exact) mass is 354 g/mol. The maximum atomic E-state index is 12.6. The highest BCUT2D eigenvalue weighted by Crippen LogP contribution is 2.19. The Morgan fingerprint density at radius 1 is 1.23 bits per heavy atom. The van der Waals surface area contributed by atoms with E-state index in [2.05, 4.69) is 15.0 Å². The molecule has 1 aromatic carbocycles. The summed E-state index contributed by atoms with van der Waals surface area (Å²) in [7, 11) is 3.31. The molecule has 26 heavy (non-hydrogen) atoms. The van der Waals surface area contributed by atoms with Gasteiger partial charge in [0.1, 0.15) is 17.1 Å². The van der Waals surface area contributed by atoms with Crippen LogP contribution in [0.15, 0.2) is 29.1 Å². The van der Waals surface area contributed by atoms with Gasteiger partial charge in [-0.25, -0.2) is 4.98 Å². The van der Waals surface area contributed by atoms with E-state index in [0.717, 1.165) is 28.3 Å². The van der Waals surface area contributed by atoms with Crippen molar-refractivity contribution >= 4 is 16.9 Å². The van der Waals surface area contributed by atoms with Crippen molar-refractivity contribution in [2.24, 2.45) is 0 Å². The van der Waals surface area contributed by atoms with E-state index in [1.165, 1.54) is 6.07 Å². The number of methoxy groups -OCH3 is 1. The highest BCUT2D eigenvalue weighted by atomic mass is 16.5. The van der Waals surface area contributed by atoms with Gasteiger partial charge in [0.15, 0.2) is 5.43 Å². The van der Waals surface area contributed by atoms with Crippen LogP contribution in [0.25, 0.3) is 11.0 Å². The van der Waals surface area contributed by atoms with E-state index in [0.29, 0.717) is 18.7 Å². The molecule has 2 heterocycles. The van der Waals surface area contributed by atoms with Crippen molar-refractivity contribution in [2.75, 3.05) is 20.7 Å². The normalized spacial score (nSPS) is 10.9. The third-order valence-corrected chi connectivity index (χ3v) is 4.34. The highest BCUT2D eigenvalue weighted by molar-refractivity contribution is 5.95. The third kappa shape index (κ3) is 3.46. The number of likely N-dealkylation sites (N-methyl/N-ethyl adjacent to an activating group) is 1. The van der Waals surface area contributed by atoms with Crippen LogP contribution in [-0.4, -0.2) is 46.5 Å². The summed E-state index contributed by atoms with van der Waals surface area (Å²) in [5.41, 5.74) is 2.99. The van der Waals surface area contributed by atoms with Crippen LogP contribution in [-0.2, 0) is 6.42 Å². The number of hydrogen-bond donors (Lipinski definition) is 2. The summed E-state index contributed by atoms with van der Waals surface area (Å²) < 4.78 is 5.21. The van der Waals surface area contributed by atoms with Crippen LogP contribution in [0.2, 0.25) is 0 Å². The van der Waals surface area contributed by atoms with Crippen LogP contribution in [0.5, 0.6) is 5.75 Å². The maximum absolute atomic E-state index is 12.6. The number of nitrogens with zero attached hydrogens (tertiary/aromatic N) is 2. The Morgan fingerprint density at radius 2 is 2.00 bits per heavy atom. The molecule has 0 spiro atoms. The smallest absolute Gasteiger partial charge is 0.259 e. The summed E-state index contributed by atoms with van der Waals surface area (Å²) in [6.07, 6.45) is 0.558. The molecule has 0 unspecified atom stereocenters. The molecule has 2 aromatic heterocycles. The van der Waals surface area contributed by atoms with Gasteiger partial charge in [-0.3, -0.25) is 9.59 Å². The number of fused-ring (bicyclic) bond motifs is 1. The van der Waals surface area contributed by atoms with Crippen molar-refractivity contribution in [3.05, 3.63) is 57.3 Å². The van der Waals surface area contributed by atoms with E-state index in [1.54, 1.807) is 32.9 Å². The lowest BCUT2D eigenvalue weighted by Gasteiger charge is -2.17. The van der Waals surface area contributed by atoms with E-state index in [1.807, 2.05) is 18.2 Å². The van der Waals surface area contributed by atoms with Crippen molar-refractivity contribution in [3.8, 4) is 5.75 Å². The van der Waals surface area contributed by atoms with E-state index in [4.69, 9.17) is 4.74 Å². The molecule has 0 radical (unpaired) electrons. The number of H-pyrrole nitrogens is 2. The number of hydrogen-bond acceptors (Lipinski definition) is 4. The van der Waals surface area contributed by atoms with E-state index < -0.39 is 0 Å². The number of aromatic nitrogens is 3. The third-order valence-electron chi connectivity index (χ3n) is 4.34. The van der Waals surface area contributed by atoms with Gasteiger partial charge in [0.2, 0.25) is 0 Å². The predicted octanol–water partition coefficient (Wildman–Crippen LogP) is 2.19. The number of pyridine rings is 1. The Balaban J connectivity index is 1.73. The van der Waals surface area contributed by atoms with Gasteiger partial charge in [-0.15, -0.1) is 0 Å². The Hall–Kier alpha value is -3.09. The molecule has 0 atom stereocenters. The number of aryl methyl sites for hydroxylation is 2. The standard InChI is InChI=1S/C19H22N4O3/c1-11-9-16(24)18(12(2)20-11)19(25)23(3)8-7-17-21-14-6-5-13(26-4)10-15(14)22-17/h5-6,9-10H,7-8H2,1-4H3,(H,20,24)(H,21,22). The summed E-state index contributed by atoms with van der Waals surface area (Å²) in [5, 5.41) is 0. The first kappa shape index (κ1) is 17.7. The lowest BCUT2D eigenvalue weighted by atomic mass is 10.1. The summed E-state index contributed by atoms with van der Waals surface area (Å²) in [4.78, 5) is 37.1. The molecule has 1 amide bonds. The molecule has 0 aliphatic rings. The van der Waals surface area contributed by atoms with Crippen LogP contribution in [0.4, 0.5) is 0 Å². The molecular formula is C19H22N4O3. The van der Waals surface area contributed by atoms with Crippen molar-refractivity contribution in [2.45, 2.75) is 20.3 Å². The van der Waals surface area contributed by atoms with Gasteiger partial charge < -0.3 is 19.6 Å². The minimum absolute atomic E-state index is 0.187. The minimum atomic E-state index is -0.290. The number of carbonyl (C=O) groups excluding carboxylic acids is 1. The quantitative estimate of drug-likeness (QED) is 0.735. The SMILES string of the molecule is COc1ccc2nc(CCN(C)C(=O)c3c(C)[nH]c(C)cc3=O)[nH]c2c1. The number of amides is 1. The first-order valence-electron chi connectivity index (χ1n) is 8.37. The fraction of sp³-hybridized carbons (Fsp3) is 0.316. The molecule has 0 saturated carbocycles. The number of imidazole rings is 1. The van der Waals surface area contributed by atoms with Gasteiger partial charge in [0.25, 0.3) is 5.91 Å². The van der Waals surface area contributed by atoms with Crippen LogP contribution in [0, 0.1) is 13.8 Å². The average Bonchev–Trinajstić information content (AvgIpc) is 3.00. The van der Waals surface area contributed by atoms with Crippen LogP contribution in [0.1, 0.15) is 27.6 Å². The first-order chi connectivity index (χ1) is 12.4. The number of nitrogens with one attached hydrogen (secondary N) is 2. The molecular weight excluding hydrogens is 332 g/mol. The summed E-state index contributed by atoms with van der Waals surface area (Å²) in [6, 6.07) is 7.07. The van der Waals surface area contributed by atoms with Gasteiger partial charge >= 0.3 is 0 Å². The summed E-state index contributed by atoms with van der Waals surface area (Å²) in [6.45, 7) is 3.98. The Bertz CT molecular complexity index is 1020. The second kappa shape index (κ2) is 7.03. The molecule has 3 aromatic rings. The van der Waals surface area contributed by atoms with Gasteiger partial charge in [-0.1, -0.05) is 0 Å². The second-order valence-corrected chi connectivity index (χ2v) is 6.36. The molecule has 7 nitrogen and oxygen atoms in total. The van der Waals surface area contributed by atoms with E-state index in [-0.39, 0.29) is 16.9 Å². The molecule has 0 saturated heterocycles. The average molecular weight is 354 g/mol. The van der Waals surface area contributed by atoms with Crippen molar-refractivity contribution in [1.82, 2.24) is 19.9 Å². The summed E-state index contributed by atoms with van der Waals surface area (Å²) in [5.74, 6) is 1.25. The number of benzene rings is 1. The number of rotatable bonds is 5. The number of ether oxygens (including phenoxy) is 1. The van der Waals surface area contributed by atoms with E-state index in [9.17, 15) is 9.59 Å². The van der Waals surface area contributed by atoms with Gasteiger partial charge in [0.05, 0.1) is 18.1 Å². The van der Waals surface area contributed by atoms with Gasteiger partial charge in [-0.2, -0.15) is 0 Å². The van der Waals surface area contributed by atoms with Gasteiger partial charge in [-0.05, 0) is 26.0 Å². The van der Waals surface area contributed by atoms with Crippen molar-refractivity contribution in [3.63, 3.8) is 0 Å². The lowest BCUT2D eigenvalue weighted by Crippen LogP contribution is -2.33. The van der Waals surface area contributed by atoms with Crippen molar-refractivity contribution < 1.29 is 9.53 Å². The van der Waals surface area contributed by atoms with Crippen LogP contribution in [0.3, 0.4) is 0 Å². The topological polar surface area (TPSA) is 91.1 Å². The van der Waals surface area contributed by atoms with Crippen LogP contribution >= 0.6 is 0 Å². The maximum Gasteiger partial charge on any atom is 0.259 e. The van der Waals surface area contributed by atoms with Crippen LogP contribution < -0.4 is 10.2 Å². The van der Waals surface area contributed by atoms with Crippen molar-refractivity contribution in [1.29, 1.82) is 0 Å². The molecule has 0 aliphatic heterocycles. The molecule has 0 bridgehead atoms. The largest absolute Gasteiger partial charge is 0.497 e. The zero-order valence-electron chi connectivity index (χ0n) is 15.3. The molecule has 0 aliphatic carbocycles. The Morgan fingerprint density at radius 3 is 2.69 bits per heavy atom. The molecule has 0 fully saturated rings. The van der Waals surface area contributed by atoms with E-state index >= 15 is 0 Å². The first-order valence-corrected chi connectivity index (χ1v) is 8.37. The Labute approximate surface area is 151 Å². The highest BCUT2D eigenvalue weighted by Gasteiger charge is 2.18. The summed E-state index contributed by atoms with van der Waals surface area (Å²) >= 11 is 0. The fourth-order valence-corrected chi connectivity index (χ4v) is 2.97.